The lowest BCUT2D eigenvalue weighted by atomic mass is 10.2. The number of aromatic nitrogens is 4. The van der Waals surface area contributed by atoms with Gasteiger partial charge < -0.3 is 10.1 Å². The van der Waals surface area contributed by atoms with Gasteiger partial charge in [0.25, 0.3) is 5.56 Å². The van der Waals surface area contributed by atoms with Crippen LogP contribution in [0.1, 0.15) is 22.8 Å². The zero-order valence-electron chi connectivity index (χ0n) is 18.6. The highest BCUT2D eigenvalue weighted by atomic mass is 35.5. The second-order valence-corrected chi connectivity index (χ2v) is 7.80. The number of anilines is 1. The molecule has 10 nitrogen and oxygen atoms in total. The monoisotopic (exact) mass is 493 g/mol. The maximum atomic E-state index is 13.3. The van der Waals surface area contributed by atoms with Crippen molar-refractivity contribution in [3.05, 3.63) is 97.9 Å². The number of ether oxygens (including phenoxy) is 1. The van der Waals surface area contributed by atoms with Crippen LogP contribution in [0.3, 0.4) is 0 Å². The van der Waals surface area contributed by atoms with E-state index in [2.05, 4.69) is 15.3 Å². The fraction of sp³-hybridized carbons (Fsp3) is 0.167. The Hall–Kier alpha value is -4.31. The van der Waals surface area contributed by atoms with Gasteiger partial charge in [-0.1, -0.05) is 41.9 Å². The molecule has 2 heterocycles. The first-order chi connectivity index (χ1) is 16.9. The molecule has 4 rings (SSSR count). The second-order valence-electron chi connectivity index (χ2n) is 7.39. The summed E-state index contributed by atoms with van der Waals surface area (Å²) in [5.41, 5.74) is -0.562. The van der Waals surface area contributed by atoms with Gasteiger partial charge in [-0.05, 0) is 30.7 Å². The summed E-state index contributed by atoms with van der Waals surface area (Å²) in [6.45, 7) is 1.26. The largest absolute Gasteiger partial charge is 0.462 e. The fourth-order valence-electron chi connectivity index (χ4n) is 3.52. The molecule has 1 amide bonds. The predicted molar refractivity (Wildman–Crippen MR) is 130 cm³/mol. The Bertz CT molecular complexity index is 1550. The zero-order chi connectivity index (χ0) is 24.9. The molecule has 0 aliphatic rings. The molecule has 0 unspecified atom stereocenters. The van der Waals surface area contributed by atoms with Gasteiger partial charge in [0.1, 0.15) is 6.54 Å². The molecule has 0 radical (unpaired) electrons. The van der Waals surface area contributed by atoms with Crippen molar-refractivity contribution in [3.8, 4) is 0 Å². The maximum absolute atomic E-state index is 13.3. The number of esters is 1. The van der Waals surface area contributed by atoms with E-state index in [1.54, 1.807) is 49.4 Å². The number of para-hydroxylation sites is 1. The number of carbonyl (C=O) groups excluding carboxylic acids is 2. The third kappa shape index (κ3) is 4.97. The highest BCUT2D eigenvalue weighted by molar-refractivity contribution is 6.31. The predicted octanol–water partition coefficient (Wildman–Crippen LogP) is 2.47. The molecule has 0 aliphatic heterocycles. The number of rotatable bonds is 7. The molecule has 2 aromatic heterocycles. The number of halogens is 1. The Balaban J connectivity index is 1.73. The van der Waals surface area contributed by atoms with E-state index in [4.69, 9.17) is 16.3 Å². The van der Waals surface area contributed by atoms with E-state index in [1.165, 1.54) is 18.5 Å². The highest BCUT2D eigenvalue weighted by Crippen LogP contribution is 2.17. The maximum Gasteiger partial charge on any atom is 0.340 e. The molecule has 2 aromatic carbocycles. The standard InChI is InChI=1S/C24H20ClN5O5/c1-2-35-23(33)16-8-4-6-10-18(16)28-19(31)14-29-21-20(26-11-12-27-21)22(32)30(24(29)34)13-15-7-3-5-9-17(15)25/h3-12H,2,13-14H2,1H3,(H,28,31). The van der Waals surface area contributed by atoms with E-state index in [0.717, 1.165) is 9.13 Å². The molecule has 0 saturated carbocycles. The molecule has 0 saturated heterocycles. The van der Waals surface area contributed by atoms with Crippen molar-refractivity contribution in [3.63, 3.8) is 0 Å². The topological polar surface area (TPSA) is 125 Å². The van der Waals surface area contributed by atoms with Gasteiger partial charge in [0, 0.05) is 17.4 Å². The van der Waals surface area contributed by atoms with Gasteiger partial charge in [-0.3, -0.25) is 18.7 Å². The molecule has 0 bridgehead atoms. The molecule has 0 aliphatic carbocycles. The number of carbonyl (C=O) groups is 2. The van der Waals surface area contributed by atoms with Gasteiger partial charge in [-0.2, -0.15) is 0 Å². The van der Waals surface area contributed by atoms with E-state index >= 15 is 0 Å². The summed E-state index contributed by atoms with van der Waals surface area (Å²) < 4.78 is 7.04. The van der Waals surface area contributed by atoms with Crippen LogP contribution in [0.15, 0.2) is 70.5 Å². The van der Waals surface area contributed by atoms with Gasteiger partial charge in [0.2, 0.25) is 5.91 Å². The van der Waals surface area contributed by atoms with Gasteiger partial charge in [-0.15, -0.1) is 0 Å². The number of amides is 1. The third-order valence-electron chi connectivity index (χ3n) is 5.13. The summed E-state index contributed by atoms with van der Waals surface area (Å²) >= 11 is 6.22. The molecule has 178 valence electrons. The van der Waals surface area contributed by atoms with Crippen molar-refractivity contribution < 1.29 is 14.3 Å². The van der Waals surface area contributed by atoms with E-state index in [-0.39, 0.29) is 35.6 Å². The van der Waals surface area contributed by atoms with E-state index < -0.39 is 29.7 Å². The summed E-state index contributed by atoms with van der Waals surface area (Å²) in [7, 11) is 0. The quantitative estimate of drug-likeness (QED) is 0.392. The third-order valence-corrected chi connectivity index (χ3v) is 5.50. The average molecular weight is 494 g/mol. The molecule has 35 heavy (non-hydrogen) atoms. The van der Waals surface area contributed by atoms with Crippen LogP contribution in [0, 0.1) is 0 Å². The lowest BCUT2D eigenvalue weighted by molar-refractivity contribution is -0.116. The van der Waals surface area contributed by atoms with Gasteiger partial charge >= 0.3 is 11.7 Å². The molecule has 0 atom stereocenters. The summed E-state index contributed by atoms with van der Waals surface area (Å²) in [4.78, 5) is 59.7. The number of hydrogen-bond acceptors (Lipinski definition) is 7. The van der Waals surface area contributed by atoms with E-state index in [0.29, 0.717) is 10.6 Å². The summed E-state index contributed by atoms with van der Waals surface area (Å²) in [6.07, 6.45) is 2.65. The Kier molecular flexibility index (Phi) is 7.02. The second kappa shape index (κ2) is 10.3. The first-order valence-electron chi connectivity index (χ1n) is 10.6. The van der Waals surface area contributed by atoms with Crippen molar-refractivity contribution >= 4 is 40.3 Å². The van der Waals surface area contributed by atoms with Crippen molar-refractivity contribution in [2.75, 3.05) is 11.9 Å². The van der Waals surface area contributed by atoms with Crippen molar-refractivity contribution in [2.45, 2.75) is 20.0 Å². The van der Waals surface area contributed by atoms with E-state index in [9.17, 15) is 19.2 Å². The molecular formula is C24H20ClN5O5. The van der Waals surface area contributed by atoms with Crippen LogP contribution in [-0.4, -0.2) is 37.6 Å². The number of benzene rings is 2. The SMILES string of the molecule is CCOC(=O)c1ccccc1NC(=O)Cn1c(=O)n(Cc2ccccc2Cl)c(=O)c2nccnc21. The van der Waals surface area contributed by atoms with Crippen LogP contribution in [0.25, 0.3) is 11.2 Å². The van der Waals surface area contributed by atoms with Crippen LogP contribution in [0.4, 0.5) is 5.69 Å². The van der Waals surface area contributed by atoms with Crippen LogP contribution < -0.4 is 16.6 Å². The van der Waals surface area contributed by atoms with Gasteiger partial charge in [-0.25, -0.2) is 19.6 Å². The molecule has 1 N–H and O–H groups in total. The highest BCUT2D eigenvalue weighted by Gasteiger charge is 2.19. The normalized spacial score (nSPS) is 10.8. The Morgan fingerprint density at radius 2 is 1.71 bits per heavy atom. The first kappa shape index (κ1) is 23.8. The van der Waals surface area contributed by atoms with Gasteiger partial charge in [0.05, 0.1) is 24.4 Å². The molecule has 11 heteroatoms. The molecular weight excluding hydrogens is 474 g/mol. The fourth-order valence-corrected chi connectivity index (χ4v) is 3.72. The average Bonchev–Trinajstić information content (AvgIpc) is 2.86. The number of nitrogens with one attached hydrogen (secondary N) is 1. The number of nitrogens with zero attached hydrogens (tertiary/aromatic N) is 4. The lowest BCUT2D eigenvalue weighted by Gasteiger charge is -2.14. The van der Waals surface area contributed by atoms with Crippen LogP contribution >= 0.6 is 11.6 Å². The van der Waals surface area contributed by atoms with Gasteiger partial charge in [0.15, 0.2) is 11.2 Å². The molecule has 4 aromatic rings. The molecule has 0 fully saturated rings. The number of hydrogen-bond donors (Lipinski definition) is 1. The molecule has 0 spiro atoms. The summed E-state index contributed by atoms with van der Waals surface area (Å²) in [5, 5.41) is 3.01. The van der Waals surface area contributed by atoms with Crippen LogP contribution in [0.2, 0.25) is 5.02 Å². The Morgan fingerprint density at radius 3 is 2.49 bits per heavy atom. The zero-order valence-corrected chi connectivity index (χ0v) is 19.4. The lowest BCUT2D eigenvalue weighted by Crippen LogP contribution is -2.42. The summed E-state index contributed by atoms with van der Waals surface area (Å²) in [6, 6.07) is 13.2. The van der Waals surface area contributed by atoms with Crippen molar-refractivity contribution in [2.24, 2.45) is 0 Å². The van der Waals surface area contributed by atoms with Crippen molar-refractivity contribution in [1.82, 2.24) is 19.1 Å². The Labute approximate surface area is 203 Å². The van der Waals surface area contributed by atoms with Crippen LogP contribution in [-0.2, 0) is 22.6 Å². The van der Waals surface area contributed by atoms with Crippen molar-refractivity contribution in [1.29, 1.82) is 0 Å². The minimum atomic E-state index is -0.753. The summed E-state index contributed by atoms with van der Waals surface area (Å²) in [5.74, 6) is -1.20. The first-order valence-corrected chi connectivity index (χ1v) is 11.0. The Morgan fingerprint density at radius 1 is 1.00 bits per heavy atom. The van der Waals surface area contributed by atoms with Crippen LogP contribution in [0.5, 0.6) is 0 Å². The number of fused-ring (bicyclic) bond motifs is 1. The minimum absolute atomic E-state index is 0.0354. The smallest absolute Gasteiger partial charge is 0.340 e. The minimum Gasteiger partial charge on any atom is -0.462 e. The van der Waals surface area contributed by atoms with E-state index in [1.807, 2.05) is 0 Å².